The van der Waals surface area contributed by atoms with Crippen molar-refractivity contribution in [3.63, 3.8) is 0 Å². The Bertz CT molecular complexity index is 1440. The van der Waals surface area contributed by atoms with Crippen LogP contribution >= 0.6 is 0 Å². The fraction of sp³-hybridized carbons (Fsp3) is 0.441. The van der Waals surface area contributed by atoms with Crippen LogP contribution in [0, 0.1) is 12.8 Å². The van der Waals surface area contributed by atoms with E-state index < -0.39 is 41.1 Å². The van der Waals surface area contributed by atoms with Crippen LogP contribution in [0.25, 0.3) is 10.8 Å². The second-order valence-corrected chi connectivity index (χ2v) is 12.7. The average Bonchev–Trinajstić information content (AvgIpc) is 2.90. The number of ether oxygens (including phenoxy) is 1. The molecule has 0 fully saturated rings. The largest absolute Gasteiger partial charge is 0.508 e. The monoisotopic (exact) mass is 575 g/mol. The van der Waals surface area contributed by atoms with Gasteiger partial charge in [-0.1, -0.05) is 57.2 Å². The Hall–Kier alpha value is -4.07. The zero-order chi connectivity index (χ0) is 31.4. The fourth-order valence-electron chi connectivity index (χ4n) is 4.79. The number of hydrogen-bond donors (Lipinski definition) is 3. The molecule has 0 saturated heterocycles. The number of carbonyl (C=O) groups is 3. The van der Waals surface area contributed by atoms with Gasteiger partial charge in [0.1, 0.15) is 23.4 Å². The average molecular weight is 576 g/mol. The number of nitrogens with one attached hydrogen (secondary N) is 2. The molecule has 8 nitrogen and oxygen atoms in total. The third kappa shape index (κ3) is 7.81. The lowest BCUT2D eigenvalue weighted by Crippen LogP contribution is -2.60. The van der Waals surface area contributed by atoms with Crippen molar-refractivity contribution in [1.82, 2.24) is 10.2 Å². The van der Waals surface area contributed by atoms with Crippen LogP contribution in [0.1, 0.15) is 79.0 Å². The number of alkyl carbamates (subject to hydrolysis) is 1. The molecular formula is C34H45N3O5. The topological polar surface area (TPSA) is 108 Å². The number of phenols is 1. The lowest BCUT2D eigenvalue weighted by molar-refractivity contribution is -0.148. The summed E-state index contributed by atoms with van der Waals surface area (Å²) in [5, 5.41) is 18.1. The minimum Gasteiger partial charge on any atom is -0.508 e. The third-order valence-corrected chi connectivity index (χ3v) is 7.42. The highest BCUT2D eigenvalue weighted by atomic mass is 16.6. The van der Waals surface area contributed by atoms with Gasteiger partial charge in [-0.15, -0.1) is 0 Å². The van der Waals surface area contributed by atoms with Gasteiger partial charge in [-0.2, -0.15) is 0 Å². The number of benzene rings is 3. The van der Waals surface area contributed by atoms with E-state index in [1.165, 1.54) is 6.07 Å². The molecule has 0 aliphatic heterocycles. The summed E-state index contributed by atoms with van der Waals surface area (Å²) in [4.78, 5) is 43.2. The van der Waals surface area contributed by atoms with Gasteiger partial charge in [0.05, 0.1) is 0 Å². The van der Waals surface area contributed by atoms with E-state index in [4.69, 9.17) is 4.74 Å². The maximum absolute atomic E-state index is 14.5. The van der Waals surface area contributed by atoms with Gasteiger partial charge in [0.2, 0.25) is 5.91 Å². The Labute approximate surface area is 249 Å². The van der Waals surface area contributed by atoms with E-state index >= 15 is 0 Å². The quantitative estimate of drug-likeness (QED) is 0.252. The molecule has 3 amide bonds. The van der Waals surface area contributed by atoms with Gasteiger partial charge in [0.15, 0.2) is 0 Å². The van der Waals surface area contributed by atoms with Gasteiger partial charge < -0.3 is 25.4 Å². The first-order valence-electron chi connectivity index (χ1n) is 14.5. The third-order valence-electron chi connectivity index (χ3n) is 7.42. The SMILES string of the molecule is CCC(C)(C)N(C(=O)C(NC(=O)OC(C)(C)C)C(C)C)C(C(=O)Nc1ccc2ccccc2c1)c1ccc(O)c(C)c1. The van der Waals surface area contributed by atoms with Crippen molar-refractivity contribution >= 4 is 34.4 Å². The number of aromatic hydroxyl groups is 1. The zero-order valence-corrected chi connectivity index (χ0v) is 26.2. The molecule has 8 heteroatoms. The number of carbonyl (C=O) groups excluding carboxylic acids is 3. The molecular weight excluding hydrogens is 530 g/mol. The Morgan fingerprint density at radius 3 is 2.14 bits per heavy atom. The number of hydrogen-bond acceptors (Lipinski definition) is 5. The molecule has 2 unspecified atom stereocenters. The minimum atomic E-state index is -1.07. The number of aryl methyl sites for hydroxylation is 1. The Morgan fingerprint density at radius 2 is 1.57 bits per heavy atom. The zero-order valence-electron chi connectivity index (χ0n) is 26.2. The van der Waals surface area contributed by atoms with E-state index in [2.05, 4.69) is 10.6 Å². The van der Waals surface area contributed by atoms with Crippen molar-refractivity contribution in [2.24, 2.45) is 5.92 Å². The van der Waals surface area contributed by atoms with Crippen LogP contribution in [0.3, 0.4) is 0 Å². The molecule has 3 rings (SSSR count). The molecule has 0 saturated carbocycles. The maximum Gasteiger partial charge on any atom is 0.408 e. The number of amides is 3. The van der Waals surface area contributed by atoms with Crippen molar-refractivity contribution < 1.29 is 24.2 Å². The van der Waals surface area contributed by atoms with Crippen LogP contribution in [0.4, 0.5) is 10.5 Å². The summed E-state index contributed by atoms with van der Waals surface area (Å²) in [6.45, 7) is 16.4. The van der Waals surface area contributed by atoms with Crippen molar-refractivity contribution in [1.29, 1.82) is 0 Å². The van der Waals surface area contributed by atoms with Crippen LogP contribution in [-0.4, -0.2) is 45.1 Å². The van der Waals surface area contributed by atoms with E-state index in [0.717, 1.165) is 10.8 Å². The van der Waals surface area contributed by atoms with E-state index in [1.54, 1.807) is 44.7 Å². The van der Waals surface area contributed by atoms with Gasteiger partial charge in [-0.25, -0.2) is 4.79 Å². The molecule has 0 heterocycles. The summed E-state index contributed by atoms with van der Waals surface area (Å²) in [7, 11) is 0. The predicted molar refractivity (Wildman–Crippen MR) is 167 cm³/mol. The summed E-state index contributed by atoms with van der Waals surface area (Å²) in [6, 6.07) is 16.4. The maximum atomic E-state index is 14.5. The number of phenolic OH excluding ortho intramolecular Hbond substituents is 1. The number of rotatable bonds is 9. The first kappa shape index (κ1) is 32.4. The molecule has 2 atom stereocenters. The van der Waals surface area contributed by atoms with E-state index in [0.29, 0.717) is 23.2 Å². The summed E-state index contributed by atoms with van der Waals surface area (Å²) in [5.74, 6) is -1.03. The van der Waals surface area contributed by atoms with Crippen molar-refractivity contribution in [2.45, 2.75) is 92.0 Å². The second kappa shape index (κ2) is 12.8. The number of anilines is 1. The Balaban J connectivity index is 2.12. The van der Waals surface area contributed by atoms with E-state index in [1.807, 2.05) is 77.1 Å². The van der Waals surface area contributed by atoms with Gasteiger partial charge in [0.25, 0.3) is 5.91 Å². The Kier molecular flexibility index (Phi) is 9.92. The molecule has 0 aliphatic rings. The highest BCUT2D eigenvalue weighted by Gasteiger charge is 2.44. The molecule has 3 N–H and O–H groups in total. The molecule has 0 spiro atoms. The lowest BCUT2D eigenvalue weighted by atomic mass is 9.90. The van der Waals surface area contributed by atoms with Gasteiger partial charge in [-0.05, 0) is 100 Å². The molecule has 0 aliphatic carbocycles. The van der Waals surface area contributed by atoms with E-state index in [-0.39, 0.29) is 11.7 Å². The number of fused-ring (bicyclic) bond motifs is 1. The molecule has 42 heavy (non-hydrogen) atoms. The highest BCUT2D eigenvalue weighted by Crippen LogP contribution is 2.35. The standard InChI is InChI=1S/C34H45N3O5/c1-10-34(8,9)37(31(40)28(21(2)3)36-32(41)42-33(5,6)7)29(25-16-18-27(38)22(4)19-25)30(39)35-26-17-15-23-13-11-12-14-24(23)20-26/h11-21,28-29,38H,10H2,1-9H3,(H,35,39)(H,36,41). The lowest BCUT2D eigenvalue weighted by Gasteiger charge is -2.45. The molecule has 0 aromatic heterocycles. The summed E-state index contributed by atoms with van der Waals surface area (Å²) < 4.78 is 5.47. The van der Waals surface area contributed by atoms with Gasteiger partial charge in [0, 0.05) is 11.2 Å². The second-order valence-electron chi connectivity index (χ2n) is 12.7. The molecule has 3 aromatic carbocycles. The predicted octanol–water partition coefficient (Wildman–Crippen LogP) is 7.10. The molecule has 0 bridgehead atoms. The Morgan fingerprint density at radius 1 is 0.929 bits per heavy atom. The van der Waals surface area contributed by atoms with Crippen LogP contribution in [-0.2, 0) is 14.3 Å². The summed E-state index contributed by atoms with van der Waals surface area (Å²) in [6.07, 6.45) is -0.172. The molecule has 226 valence electrons. The first-order valence-corrected chi connectivity index (χ1v) is 14.5. The summed E-state index contributed by atoms with van der Waals surface area (Å²) >= 11 is 0. The molecule has 0 radical (unpaired) electrons. The highest BCUT2D eigenvalue weighted by molar-refractivity contribution is 6.00. The minimum absolute atomic E-state index is 0.0896. The van der Waals surface area contributed by atoms with Crippen LogP contribution in [0.15, 0.2) is 60.7 Å². The smallest absolute Gasteiger partial charge is 0.408 e. The fourth-order valence-corrected chi connectivity index (χ4v) is 4.79. The van der Waals surface area contributed by atoms with Crippen molar-refractivity contribution in [2.75, 3.05) is 5.32 Å². The van der Waals surface area contributed by atoms with Crippen molar-refractivity contribution in [3.05, 3.63) is 71.8 Å². The van der Waals surface area contributed by atoms with Crippen LogP contribution in [0.5, 0.6) is 5.75 Å². The van der Waals surface area contributed by atoms with Gasteiger partial charge >= 0.3 is 6.09 Å². The summed E-state index contributed by atoms with van der Waals surface area (Å²) in [5.41, 5.74) is 0.163. The first-order chi connectivity index (χ1) is 19.5. The van der Waals surface area contributed by atoms with Crippen LogP contribution in [0.2, 0.25) is 0 Å². The van der Waals surface area contributed by atoms with Gasteiger partial charge in [-0.3, -0.25) is 9.59 Å². The number of nitrogens with zero attached hydrogens (tertiary/aromatic N) is 1. The van der Waals surface area contributed by atoms with Crippen LogP contribution < -0.4 is 10.6 Å². The van der Waals surface area contributed by atoms with E-state index in [9.17, 15) is 19.5 Å². The van der Waals surface area contributed by atoms with Crippen molar-refractivity contribution in [3.8, 4) is 5.75 Å². The molecule has 3 aromatic rings. The normalized spacial score (nSPS) is 13.4.